The average molecular weight is 455 g/mol. The van der Waals surface area contributed by atoms with E-state index < -0.39 is 0 Å². The minimum atomic E-state index is -0.340. The van der Waals surface area contributed by atoms with Crippen molar-refractivity contribution in [2.75, 3.05) is 17.7 Å². The number of nitrogens with one attached hydrogen (secondary N) is 2. The molecule has 34 heavy (non-hydrogen) atoms. The quantitative estimate of drug-likeness (QED) is 0.441. The molecule has 0 radical (unpaired) electrons. The first kappa shape index (κ1) is 21.4. The molecule has 5 rings (SSSR count). The number of aryl methyl sites for hydroxylation is 1. The second-order valence-electron chi connectivity index (χ2n) is 7.95. The van der Waals surface area contributed by atoms with Crippen molar-refractivity contribution in [2.45, 2.75) is 13.0 Å². The number of nitrogens with zero attached hydrogens (tertiary/aromatic N) is 3. The van der Waals surface area contributed by atoms with E-state index in [2.05, 4.69) is 20.7 Å². The zero-order chi connectivity index (χ0) is 23.7. The van der Waals surface area contributed by atoms with Crippen LogP contribution in [0.3, 0.4) is 0 Å². The molecule has 2 heterocycles. The molecule has 0 saturated heterocycles. The van der Waals surface area contributed by atoms with Gasteiger partial charge in [-0.25, -0.2) is 9.07 Å². The van der Waals surface area contributed by atoms with Gasteiger partial charge in [-0.2, -0.15) is 4.98 Å². The number of ether oxygens (including phenoxy) is 1. The van der Waals surface area contributed by atoms with Gasteiger partial charge in [-0.15, -0.1) is 5.10 Å². The molecule has 0 bridgehead atoms. The number of fused-ring (bicyclic) bond motifs is 1. The van der Waals surface area contributed by atoms with Crippen molar-refractivity contribution in [1.29, 1.82) is 0 Å². The van der Waals surface area contributed by atoms with Crippen LogP contribution >= 0.6 is 0 Å². The fourth-order valence-electron chi connectivity index (χ4n) is 3.76. The number of carbonyl (C=O) groups is 1. The van der Waals surface area contributed by atoms with Gasteiger partial charge in [-0.3, -0.25) is 10.1 Å². The van der Waals surface area contributed by atoms with E-state index in [9.17, 15) is 9.18 Å². The Hall–Kier alpha value is -4.46. The highest BCUT2D eigenvalue weighted by Gasteiger charge is 2.26. The number of amides is 1. The van der Waals surface area contributed by atoms with Crippen molar-refractivity contribution < 1.29 is 13.9 Å². The van der Waals surface area contributed by atoms with Crippen molar-refractivity contribution in [1.82, 2.24) is 14.8 Å². The van der Waals surface area contributed by atoms with Gasteiger partial charge in [0.2, 0.25) is 5.95 Å². The number of methoxy groups -OCH3 is 1. The molecule has 1 amide bonds. The molecule has 8 heteroatoms. The largest absolute Gasteiger partial charge is 0.497 e. The molecule has 170 valence electrons. The molecule has 0 saturated carbocycles. The third-order valence-electron chi connectivity index (χ3n) is 5.62. The molecule has 1 aliphatic heterocycles. The van der Waals surface area contributed by atoms with Gasteiger partial charge >= 0.3 is 0 Å². The summed E-state index contributed by atoms with van der Waals surface area (Å²) >= 11 is 0. The Morgan fingerprint density at radius 2 is 1.74 bits per heavy atom. The summed E-state index contributed by atoms with van der Waals surface area (Å²) in [6.07, 6.45) is 2.01. The van der Waals surface area contributed by atoms with Gasteiger partial charge < -0.3 is 10.1 Å². The van der Waals surface area contributed by atoms with Crippen LogP contribution in [0.5, 0.6) is 5.75 Å². The number of allylic oxidation sites excluding steroid dienone is 1. The Morgan fingerprint density at radius 3 is 2.41 bits per heavy atom. The van der Waals surface area contributed by atoms with Gasteiger partial charge in [0.15, 0.2) is 0 Å². The summed E-state index contributed by atoms with van der Waals surface area (Å²) in [5.74, 6) is 0.641. The molecule has 0 fully saturated rings. The van der Waals surface area contributed by atoms with Crippen LogP contribution in [0.2, 0.25) is 0 Å². The molecule has 1 atom stereocenters. The van der Waals surface area contributed by atoms with Gasteiger partial charge in [0.25, 0.3) is 11.9 Å². The second kappa shape index (κ2) is 8.82. The second-order valence-corrected chi connectivity index (χ2v) is 7.95. The predicted octanol–water partition coefficient (Wildman–Crippen LogP) is 5.04. The number of hydrogen-bond acceptors (Lipinski definition) is 5. The number of rotatable bonds is 5. The first-order chi connectivity index (χ1) is 16.5. The van der Waals surface area contributed by atoms with Crippen LogP contribution in [0.15, 0.2) is 78.9 Å². The molecular formula is C26H22FN5O2. The maximum Gasteiger partial charge on any atom is 0.258 e. The molecule has 3 aromatic carbocycles. The van der Waals surface area contributed by atoms with Crippen LogP contribution in [0.4, 0.5) is 16.3 Å². The van der Waals surface area contributed by atoms with E-state index in [4.69, 9.17) is 4.74 Å². The van der Waals surface area contributed by atoms with E-state index >= 15 is 0 Å². The SMILES string of the molecule is COc1ccc(C(=O)Nc2nc3n(n2)[C@@H](c2ccc(F)cc2)C=C(c2ccc(C)cc2)N3)cc1. The number of aromatic nitrogens is 3. The molecule has 1 aliphatic rings. The Bertz CT molecular complexity index is 1360. The van der Waals surface area contributed by atoms with E-state index in [-0.39, 0.29) is 23.7 Å². The maximum atomic E-state index is 13.6. The summed E-state index contributed by atoms with van der Waals surface area (Å²) in [7, 11) is 1.57. The van der Waals surface area contributed by atoms with Crippen LogP contribution in [-0.2, 0) is 0 Å². The minimum absolute atomic E-state index is 0.161. The van der Waals surface area contributed by atoms with Crippen LogP contribution < -0.4 is 15.4 Å². The number of hydrogen-bond donors (Lipinski definition) is 2. The average Bonchev–Trinajstić information content (AvgIpc) is 3.27. The Morgan fingerprint density at radius 1 is 1.03 bits per heavy atom. The molecule has 2 N–H and O–H groups in total. The molecule has 7 nitrogen and oxygen atoms in total. The minimum Gasteiger partial charge on any atom is -0.497 e. The fraction of sp³-hybridized carbons (Fsp3) is 0.115. The highest BCUT2D eigenvalue weighted by atomic mass is 19.1. The standard InChI is InChI=1S/C26H22FN5O2/c1-16-3-5-17(6-4-16)22-15-23(18-7-11-20(27)12-8-18)32-26(28-22)30-25(31-32)29-24(33)19-9-13-21(34-2)14-10-19/h3-15,23H,1-2H3,(H2,28,29,30,31,33)/t23-/m1/s1. The summed E-state index contributed by atoms with van der Waals surface area (Å²) in [5, 5.41) is 10.6. The van der Waals surface area contributed by atoms with Crippen LogP contribution in [0.1, 0.15) is 33.1 Å². The predicted molar refractivity (Wildman–Crippen MR) is 128 cm³/mol. The van der Waals surface area contributed by atoms with Crippen molar-refractivity contribution in [3.8, 4) is 5.75 Å². The van der Waals surface area contributed by atoms with Crippen LogP contribution in [0, 0.1) is 12.7 Å². The maximum absolute atomic E-state index is 13.6. The third kappa shape index (κ3) is 4.25. The van der Waals surface area contributed by atoms with E-state index in [0.29, 0.717) is 17.3 Å². The molecule has 1 aromatic heterocycles. The Balaban J connectivity index is 1.48. The Labute approximate surface area is 195 Å². The van der Waals surface area contributed by atoms with E-state index in [1.807, 2.05) is 37.3 Å². The zero-order valence-electron chi connectivity index (χ0n) is 18.6. The van der Waals surface area contributed by atoms with Crippen molar-refractivity contribution in [2.24, 2.45) is 0 Å². The van der Waals surface area contributed by atoms with Gasteiger partial charge in [0, 0.05) is 11.3 Å². The summed E-state index contributed by atoms with van der Waals surface area (Å²) in [5.41, 5.74) is 4.28. The summed E-state index contributed by atoms with van der Waals surface area (Å²) in [6, 6.07) is 20.8. The highest BCUT2D eigenvalue weighted by Crippen LogP contribution is 2.33. The lowest BCUT2D eigenvalue weighted by Gasteiger charge is -2.24. The highest BCUT2D eigenvalue weighted by molar-refractivity contribution is 6.03. The van der Waals surface area contributed by atoms with Crippen molar-refractivity contribution in [3.63, 3.8) is 0 Å². The van der Waals surface area contributed by atoms with E-state index in [1.54, 1.807) is 48.2 Å². The number of benzene rings is 3. The lowest BCUT2D eigenvalue weighted by atomic mass is 10.0. The topological polar surface area (TPSA) is 81.1 Å². The van der Waals surface area contributed by atoms with Crippen molar-refractivity contribution in [3.05, 3.63) is 107 Å². The number of halogens is 1. The van der Waals surface area contributed by atoms with Crippen molar-refractivity contribution >= 4 is 23.5 Å². The summed E-state index contributed by atoms with van der Waals surface area (Å²) in [6.45, 7) is 2.03. The molecule has 0 spiro atoms. The lowest BCUT2D eigenvalue weighted by molar-refractivity contribution is 0.102. The zero-order valence-corrected chi connectivity index (χ0v) is 18.6. The first-order valence-electron chi connectivity index (χ1n) is 10.7. The third-order valence-corrected chi connectivity index (χ3v) is 5.62. The van der Waals surface area contributed by atoms with E-state index in [0.717, 1.165) is 22.4 Å². The monoisotopic (exact) mass is 455 g/mol. The van der Waals surface area contributed by atoms with Gasteiger partial charge in [-0.05, 0) is 60.5 Å². The molecule has 0 unspecified atom stereocenters. The Kier molecular flexibility index (Phi) is 5.55. The van der Waals surface area contributed by atoms with Crippen LogP contribution in [-0.4, -0.2) is 27.8 Å². The number of anilines is 2. The molecule has 4 aromatic rings. The fourth-order valence-corrected chi connectivity index (χ4v) is 3.76. The summed E-state index contributed by atoms with van der Waals surface area (Å²) < 4.78 is 20.4. The van der Waals surface area contributed by atoms with Gasteiger partial charge in [-0.1, -0.05) is 42.0 Å². The number of carbonyl (C=O) groups excluding carboxylic acids is 1. The molecule has 0 aliphatic carbocycles. The normalized spacial score (nSPS) is 14.6. The smallest absolute Gasteiger partial charge is 0.258 e. The van der Waals surface area contributed by atoms with Crippen LogP contribution in [0.25, 0.3) is 5.70 Å². The van der Waals surface area contributed by atoms with Gasteiger partial charge in [0.05, 0.1) is 7.11 Å². The van der Waals surface area contributed by atoms with Gasteiger partial charge in [0.1, 0.15) is 17.6 Å². The molecular weight excluding hydrogens is 433 g/mol. The van der Waals surface area contributed by atoms with E-state index in [1.165, 1.54) is 12.1 Å². The summed E-state index contributed by atoms with van der Waals surface area (Å²) in [4.78, 5) is 17.2. The lowest BCUT2D eigenvalue weighted by Crippen LogP contribution is -2.20. The first-order valence-corrected chi connectivity index (χ1v) is 10.7.